The van der Waals surface area contributed by atoms with Gasteiger partial charge in [0.25, 0.3) is 0 Å². The van der Waals surface area contributed by atoms with Gasteiger partial charge in [-0.1, -0.05) is 33.6 Å². The maximum atomic E-state index is 6.02. The van der Waals surface area contributed by atoms with Gasteiger partial charge in [0.2, 0.25) is 0 Å². The number of halogens is 1. The highest BCUT2D eigenvalue weighted by molar-refractivity contribution is 9.08. The predicted octanol–water partition coefficient (Wildman–Crippen LogP) is 4.03. The molecule has 0 atom stereocenters. The Morgan fingerprint density at radius 2 is 2.00 bits per heavy atom. The van der Waals surface area contributed by atoms with Crippen molar-refractivity contribution in [2.45, 2.75) is 26.1 Å². The van der Waals surface area contributed by atoms with Crippen LogP contribution in [0.3, 0.4) is 0 Å². The highest BCUT2D eigenvalue weighted by atomic mass is 79.9. The standard InChI is InChI=1S/C14H17BrN2O/c1-9-5-6-13(12(7-9)8-15)18-14-10(2)16-17(4)11(14)3/h5-7H,8H2,1-4H3. The van der Waals surface area contributed by atoms with Crippen LogP contribution in [0.15, 0.2) is 18.2 Å². The minimum atomic E-state index is 0.780. The Morgan fingerprint density at radius 3 is 2.56 bits per heavy atom. The SMILES string of the molecule is Cc1ccc(Oc2c(C)nn(C)c2C)c(CBr)c1. The molecule has 0 spiro atoms. The molecule has 2 rings (SSSR count). The summed E-state index contributed by atoms with van der Waals surface area (Å²) in [5.74, 6) is 1.74. The Balaban J connectivity index is 2.39. The van der Waals surface area contributed by atoms with E-state index in [2.05, 4.69) is 40.1 Å². The minimum absolute atomic E-state index is 0.780. The molecule has 1 heterocycles. The van der Waals surface area contributed by atoms with Crippen molar-refractivity contribution in [3.8, 4) is 11.5 Å². The zero-order chi connectivity index (χ0) is 13.3. The second kappa shape index (κ2) is 5.14. The maximum Gasteiger partial charge on any atom is 0.171 e. The number of aromatic nitrogens is 2. The molecule has 0 saturated carbocycles. The van der Waals surface area contributed by atoms with Crippen molar-refractivity contribution in [2.75, 3.05) is 0 Å². The molecule has 1 aromatic heterocycles. The lowest BCUT2D eigenvalue weighted by Crippen LogP contribution is -1.94. The minimum Gasteiger partial charge on any atom is -0.453 e. The highest BCUT2D eigenvalue weighted by Gasteiger charge is 2.13. The molecule has 0 saturated heterocycles. The molecular formula is C14H17BrN2O. The topological polar surface area (TPSA) is 27.1 Å². The predicted molar refractivity (Wildman–Crippen MR) is 76.6 cm³/mol. The fourth-order valence-electron chi connectivity index (χ4n) is 1.92. The summed E-state index contributed by atoms with van der Waals surface area (Å²) in [7, 11) is 1.93. The molecule has 0 amide bonds. The van der Waals surface area contributed by atoms with Gasteiger partial charge in [0.1, 0.15) is 11.4 Å². The summed E-state index contributed by atoms with van der Waals surface area (Å²) in [4.78, 5) is 0. The molecule has 3 nitrogen and oxygen atoms in total. The first kappa shape index (κ1) is 13.1. The fraction of sp³-hybridized carbons (Fsp3) is 0.357. The number of hydrogen-bond donors (Lipinski definition) is 0. The number of ether oxygens (including phenoxy) is 1. The van der Waals surface area contributed by atoms with Crippen LogP contribution in [0.1, 0.15) is 22.5 Å². The van der Waals surface area contributed by atoms with E-state index < -0.39 is 0 Å². The van der Waals surface area contributed by atoms with Gasteiger partial charge in [0, 0.05) is 17.9 Å². The molecule has 2 aromatic rings. The summed E-state index contributed by atoms with van der Waals surface area (Å²) in [5, 5.41) is 5.14. The summed E-state index contributed by atoms with van der Waals surface area (Å²) < 4.78 is 7.86. The summed E-state index contributed by atoms with van der Waals surface area (Å²) >= 11 is 3.50. The number of nitrogens with zero attached hydrogens (tertiary/aromatic N) is 2. The third-order valence-corrected chi connectivity index (χ3v) is 3.62. The second-order valence-electron chi connectivity index (χ2n) is 4.47. The molecule has 0 bridgehead atoms. The van der Waals surface area contributed by atoms with E-state index in [9.17, 15) is 0 Å². The first-order valence-corrected chi connectivity index (χ1v) is 6.98. The zero-order valence-corrected chi connectivity index (χ0v) is 12.7. The van der Waals surface area contributed by atoms with Gasteiger partial charge >= 0.3 is 0 Å². The Hall–Kier alpha value is -1.29. The lowest BCUT2D eigenvalue weighted by Gasteiger charge is -2.10. The van der Waals surface area contributed by atoms with Gasteiger partial charge in [-0.25, -0.2) is 0 Å². The van der Waals surface area contributed by atoms with Crippen LogP contribution in [0.2, 0.25) is 0 Å². The molecule has 0 radical (unpaired) electrons. The van der Waals surface area contributed by atoms with E-state index in [0.29, 0.717) is 0 Å². The average Bonchev–Trinajstić information content (AvgIpc) is 2.58. The number of rotatable bonds is 3. The summed E-state index contributed by atoms with van der Waals surface area (Å²) in [6.07, 6.45) is 0. The van der Waals surface area contributed by atoms with E-state index >= 15 is 0 Å². The average molecular weight is 309 g/mol. The molecular weight excluding hydrogens is 292 g/mol. The maximum absolute atomic E-state index is 6.02. The Morgan fingerprint density at radius 1 is 1.28 bits per heavy atom. The Labute approximate surface area is 116 Å². The van der Waals surface area contributed by atoms with Crippen LogP contribution in [-0.2, 0) is 12.4 Å². The van der Waals surface area contributed by atoms with Crippen molar-refractivity contribution < 1.29 is 4.74 Å². The second-order valence-corrected chi connectivity index (χ2v) is 5.03. The Bertz CT molecular complexity index is 575. The van der Waals surface area contributed by atoms with Crippen molar-refractivity contribution in [1.82, 2.24) is 9.78 Å². The first-order valence-electron chi connectivity index (χ1n) is 5.86. The van der Waals surface area contributed by atoms with Crippen LogP contribution >= 0.6 is 15.9 Å². The number of benzene rings is 1. The molecule has 0 N–H and O–H groups in total. The van der Waals surface area contributed by atoms with E-state index in [-0.39, 0.29) is 0 Å². The van der Waals surface area contributed by atoms with E-state index in [1.165, 1.54) is 5.56 Å². The van der Waals surface area contributed by atoms with Gasteiger partial charge in [-0.3, -0.25) is 4.68 Å². The van der Waals surface area contributed by atoms with Crippen molar-refractivity contribution in [3.05, 3.63) is 40.7 Å². The number of aryl methyl sites for hydroxylation is 3. The first-order chi connectivity index (χ1) is 8.52. The fourth-order valence-corrected chi connectivity index (χ4v) is 2.36. The lowest BCUT2D eigenvalue weighted by molar-refractivity contribution is 0.470. The van der Waals surface area contributed by atoms with E-state index in [1.54, 1.807) is 0 Å². The largest absolute Gasteiger partial charge is 0.453 e. The lowest BCUT2D eigenvalue weighted by atomic mass is 10.1. The van der Waals surface area contributed by atoms with Gasteiger partial charge in [0.15, 0.2) is 5.75 Å². The molecule has 4 heteroatoms. The van der Waals surface area contributed by atoms with Gasteiger partial charge in [-0.15, -0.1) is 0 Å². The van der Waals surface area contributed by atoms with Gasteiger partial charge in [-0.2, -0.15) is 5.10 Å². The van der Waals surface area contributed by atoms with E-state index in [1.807, 2.05) is 31.6 Å². The van der Waals surface area contributed by atoms with Crippen LogP contribution in [0.4, 0.5) is 0 Å². The van der Waals surface area contributed by atoms with E-state index in [0.717, 1.165) is 33.8 Å². The van der Waals surface area contributed by atoms with Crippen molar-refractivity contribution in [1.29, 1.82) is 0 Å². The zero-order valence-electron chi connectivity index (χ0n) is 11.1. The summed E-state index contributed by atoms with van der Waals surface area (Å²) in [6, 6.07) is 6.20. The molecule has 0 aliphatic rings. The molecule has 0 aliphatic carbocycles. The third kappa shape index (κ3) is 2.43. The quantitative estimate of drug-likeness (QED) is 0.800. The highest BCUT2D eigenvalue weighted by Crippen LogP contribution is 2.31. The van der Waals surface area contributed by atoms with Gasteiger partial charge in [0.05, 0.1) is 5.69 Å². The van der Waals surface area contributed by atoms with Crippen LogP contribution in [0, 0.1) is 20.8 Å². The molecule has 0 fully saturated rings. The normalized spacial score (nSPS) is 10.7. The Kier molecular flexibility index (Phi) is 3.76. The van der Waals surface area contributed by atoms with Crippen LogP contribution < -0.4 is 4.74 Å². The molecule has 0 unspecified atom stereocenters. The molecule has 18 heavy (non-hydrogen) atoms. The van der Waals surface area contributed by atoms with E-state index in [4.69, 9.17) is 4.74 Å². The van der Waals surface area contributed by atoms with Crippen molar-refractivity contribution in [3.63, 3.8) is 0 Å². The van der Waals surface area contributed by atoms with Crippen LogP contribution in [0.5, 0.6) is 11.5 Å². The molecule has 96 valence electrons. The number of hydrogen-bond acceptors (Lipinski definition) is 2. The van der Waals surface area contributed by atoms with Crippen LogP contribution in [0.25, 0.3) is 0 Å². The monoisotopic (exact) mass is 308 g/mol. The molecule has 0 aliphatic heterocycles. The number of alkyl halides is 1. The van der Waals surface area contributed by atoms with Crippen molar-refractivity contribution >= 4 is 15.9 Å². The van der Waals surface area contributed by atoms with Crippen molar-refractivity contribution in [2.24, 2.45) is 7.05 Å². The smallest absolute Gasteiger partial charge is 0.171 e. The van der Waals surface area contributed by atoms with Gasteiger partial charge in [-0.05, 0) is 26.8 Å². The third-order valence-electron chi connectivity index (χ3n) is 3.01. The summed E-state index contributed by atoms with van der Waals surface area (Å²) in [6.45, 7) is 6.05. The summed E-state index contributed by atoms with van der Waals surface area (Å²) in [5.41, 5.74) is 4.33. The molecule has 1 aromatic carbocycles. The van der Waals surface area contributed by atoms with Crippen LogP contribution in [-0.4, -0.2) is 9.78 Å². The van der Waals surface area contributed by atoms with Gasteiger partial charge < -0.3 is 4.74 Å².